The first kappa shape index (κ1) is 18.2. The van der Waals surface area contributed by atoms with E-state index in [2.05, 4.69) is 0 Å². The van der Waals surface area contributed by atoms with Gasteiger partial charge in [0.2, 0.25) is 0 Å². The van der Waals surface area contributed by atoms with Crippen molar-refractivity contribution in [3.8, 4) is 0 Å². The van der Waals surface area contributed by atoms with Crippen molar-refractivity contribution in [1.82, 2.24) is 0 Å². The molecule has 0 aromatic heterocycles. The predicted octanol–water partition coefficient (Wildman–Crippen LogP) is 0.879. The number of esters is 2. The molecule has 0 bridgehead atoms. The molecule has 0 N–H and O–H groups in total. The van der Waals surface area contributed by atoms with Crippen molar-refractivity contribution in [3.63, 3.8) is 0 Å². The minimum Gasteiger partial charge on any atom is -0.463 e. The van der Waals surface area contributed by atoms with Crippen molar-refractivity contribution in [2.24, 2.45) is 0 Å². The van der Waals surface area contributed by atoms with Crippen LogP contribution in [0.3, 0.4) is 0 Å². The van der Waals surface area contributed by atoms with Crippen molar-refractivity contribution in [2.75, 3.05) is 52.2 Å². The summed E-state index contributed by atoms with van der Waals surface area (Å²) in [7, 11) is 3.10. The minimum absolute atomic E-state index is 0.243. The fourth-order valence-corrected chi connectivity index (χ4v) is 1.86. The fraction of sp³-hybridized carbons (Fsp3) is 0.833. The van der Waals surface area contributed by atoms with E-state index in [0.29, 0.717) is 37.6 Å². The van der Waals surface area contributed by atoms with Gasteiger partial charge in [0.25, 0.3) is 0 Å². The van der Waals surface area contributed by atoms with Crippen molar-refractivity contribution in [2.45, 2.75) is 12.8 Å². The largest absolute Gasteiger partial charge is 0.463 e. The lowest BCUT2D eigenvalue weighted by Crippen LogP contribution is -2.11. The van der Waals surface area contributed by atoms with Gasteiger partial charge in [-0.2, -0.15) is 11.8 Å². The van der Waals surface area contributed by atoms with Crippen molar-refractivity contribution in [3.05, 3.63) is 0 Å². The normalized spacial score (nSPS) is 10.2. The van der Waals surface area contributed by atoms with E-state index in [1.807, 2.05) is 0 Å². The summed E-state index contributed by atoms with van der Waals surface area (Å²) in [6.07, 6.45) is 0.681. The fourth-order valence-electron chi connectivity index (χ4n) is 1.04. The average Bonchev–Trinajstić information content (AvgIpc) is 2.39. The minimum atomic E-state index is -0.243. The van der Waals surface area contributed by atoms with E-state index in [1.54, 1.807) is 14.2 Å². The zero-order chi connectivity index (χ0) is 14.3. The highest BCUT2D eigenvalue weighted by molar-refractivity contribution is 7.99. The summed E-state index contributed by atoms with van der Waals surface area (Å²) in [5.41, 5.74) is 0. The van der Waals surface area contributed by atoms with E-state index < -0.39 is 0 Å². The number of thioether (sulfide) groups is 1. The van der Waals surface area contributed by atoms with E-state index in [4.69, 9.17) is 18.9 Å². The third-order valence-corrected chi connectivity index (χ3v) is 2.99. The maximum Gasteiger partial charge on any atom is 0.306 e. The van der Waals surface area contributed by atoms with Gasteiger partial charge in [-0.25, -0.2) is 0 Å². The number of ether oxygens (including phenoxy) is 4. The molecule has 0 aliphatic carbocycles. The average molecular weight is 294 g/mol. The van der Waals surface area contributed by atoms with Crippen molar-refractivity contribution >= 4 is 23.7 Å². The van der Waals surface area contributed by atoms with Crippen molar-refractivity contribution < 1.29 is 28.5 Å². The van der Waals surface area contributed by atoms with Crippen LogP contribution in [0.1, 0.15) is 12.8 Å². The molecule has 0 saturated carbocycles. The Kier molecular flexibility index (Phi) is 13.1. The Morgan fingerprint density at radius 2 is 1.21 bits per heavy atom. The Morgan fingerprint density at radius 1 is 0.789 bits per heavy atom. The summed E-state index contributed by atoms with van der Waals surface area (Å²) in [5, 5.41) is 0. The number of hydrogen-bond donors (Lipinski definition) is 0. The Bertz CT molecular complexity index is 222. The maximum absolute atomic E-state index is 11.2. The van der Waals surface area contributed by atoms with Crippen LogP contribution < -0.4 is 0 Å². The lowest BCUT2D eigenvalue weighted by atomic mass is 10.5. The number of carbonyl (C=O) groups is 2. The van der Waals surface area contributed by atoms with Crippen LogP contribution in [0.2, 0.25) is 0 Å². The van der Waals surface area contributed by atoms with Crippen LogP contribution >= 0.6 is 11.8 Å². The van der Waals surface area contributed by atoms with Gasteiger partial charge in [0.15, 0.2) is 0 Å². The van der Waals surface area contributed by atoms with Gasteiger partial charge in [-0.05, 0) is 0 Å². The number of hydrogen-bond acceptors (Lipinski definition) is 7. The van der Waals surface area contributed by atoms with Gasteiger partial charge in [-0.3, -0.25) is 9.59 Å². The summed E-state index contributed by atoms with van der Waals surface area (Å²) >= 11 is 1.52. The molecule has 0 amide bonds. The Hall–Kier alpha value is -0.790. The molecular formula is C12H22O6S. The molecule has 112 valence electrons. The molecule has 0 spiro atoms. The molecule has 0 fully saturated rings. The first-order chi connectivity index (χ1) is 9.20. The number of rotatable bonds is 12. The Balaban J connectivity index is 3.29. The second kappa shape index (κ2) is 13.6. The summed E-state index contributed by atoms with van der Waals surface area (Å²) in [6, 6.07) is 0. The molecule has 0 aliphatic heterocycles. The molecule has 0 rings (SSSR count). The Labute approximate surface area is 118 Å². The van der Waals surface area contributed by atoms with Crippen LogP contribution in [-0.4, -0.2) is 64.1 Å². The SMILES string of the molecule is COCCOC(=O)CCSCCC(=O)OCCOC. The highest BCUT2D eigenvalue weighted by Crippen LogP contribution is 2.06. The van der Waals surface area contributed by atoms with Crippen LogP contribution in [0.4, 0.5) is 0 Å². The second-order valence-electron chi connectivity index (χ2n) is 3.54. The molecule has 0 unspecified atom stereocenters. The molecule has 0 heterocycles. The van der Waals surface area contributed by atoms with Crippen LogP contribution in [-0.2, 0) is 28.5 Å². The van der Waals surface area contributed by atoms with E-state index in [1.165, 1.54) is 11.8 Å². The molecule has 0 radical (unpaired) electrons. The number of methoxy groups -OCH3 is 2. The van der Waals surface area contributed by atoms with Crippen molar-refractivity contribution in [1.29, 1.82) is 0 Å². The molecule has 7 heteroatoms. The van der Waals surface area contributed by atoms with Gasteiger partial charge in [0.05, 0.1) is 26.1 Å². The van der Waals surface area contributed by atoms with Crippen LogP contribution in [0.25, 0.3) is 0 Å². The predicted molar refractivity (Wildman–Crippen MR) is 72.2 cm³/mol. The number of carbonyl (C=O) groups excluding carboxylic acids is 2. The molecule has 0 aliphatic rings. The van der Waals surface area contributed by atoms with Gasteiger partial charge >= 0.3 is 11.9 Å². The van der Waals surface area contributed by atoms with Gasteiger partial charge in [0.1, 0.15) is 13.2 Å². The zero-order valence-electron chi connectivity index (χ0n) is 11.5. The maximum atomic E-state index is 11.2. The van der Waals surface area contributed by atoms with Gasteiger partial charge in [-0.15, -0.1) is 0 Å². The molecular weight excluding hydrogens is 272 g/mol. The molecule has 6 nitrogen and oxygen atoms in total. The van der Waals surface area contributed by atoms with Crippen LogP contribution in [0.5, 0.6) is 0 Å². The highest BCUT2D eigenvalue weighted by Gasteiger charge is 2.05. The first-order valence-corrected chi connectivity index (χ1v) is 7.23. The van der Waals surface area contributed by atoms with Crippen LogP contribution in [0.15, 0.2) is 0 Å². The lowest BCUT2D eigenvalue weighted by Gasteiger charge is -2.05. The second-order valence-corrected chi connectivity index (χ2v) is 4.76. The lowest BCUT2D eigenvalue weighted by molar-refractivity contribution is -0.145. The third kappa shape index (κ3) is 13.4. The first-order valence-electron chi connectivity index (χ1n) is 6.07. The highest BCUT2D eigenvalue weighted by atomic mass is 32.2. The third-order valence-electron chi connectivity index (χ3n) is 2.00. The summed E-state index contributed by atoms with van der Waals surface area (Å²) in [4.78, 5) is 22.4. The van der Waals surface area contributed by atoms with Crippen LogP contribution in [0, 0.1) is 0 Å². The molecule has 0 aromatic rings. The summed E-state index contributed by atoms with van der Waals surface area (Å²) in [6.45, 7) is 1.38. The quantitative estimate of drug-likeness (QED) is 0.391. The van der Waals surface area contributed by atoms with Gasteiger partial charge in [0, 0.05) is 25.7 Å². The van der Waals surface area contributed by atoms with E-state index in [9.17, 15) is 9.59 Å². The summed E-state index contributed by atoms with van der Waals surface area (Å²) < 4.78 is 19.3. The van der Waals surface area contributed by atoms with E-state index in [0.717, 1.165) is 0 Å². The summed E-state index contributed by atoms with van der Waals surface area (Å²) in [5.74, 6) is 0.786. The Morgan fingerprint density at radius 3 is 1.58 bits per heavy atom. The topological polar surface area (TPSA) is 71.1 Å². The van der Waals surface area contributed by atoms with Gasteiger partial charge < -0.3 is 18.9 Å². The van der Waals surface area contributed by atoms with E-state index >= 15 is 0 Å². The standard InChI is InChI=1S/C12H22O6S/c1-15-5-7-17-11(13)3-9-19-10-4-12(14)18-8-6-16-2/h3-10H2,1-2H3. The molecule has 19 heavy (non-hydrogen) atoms. The molecule has 0 saturated heterocycles. The molecule has 0 atom stereocenters. The zero-order valence-corrected chi connectivity index (χ0v) is 12.3. The van der Waals surface area contributed by atoms with Gasteiger partial charge in [-0.1, -0.05) is 0 Å². The van der Waals surface area contributed by atoms with E-state index in [-0.39, 0.29) is 25.2 Å². The smallest absolute Gasteiger partial charge is 0.306 e. The molecule has 0 aromatic carbocycles. The monoisotopic (exact) mass is 294 g/mol.